The van der Waals surface area contributed by atoms with Crippen molar-refractivity contribution in [2.24, 2.45) is 5.73 Å². The zero-order valence-electron chi connectivity index (χ0n) is 11.1. The Morgan fingerprint density at radius 2 is 2.10 bits per heavy atom. The van der Waals surface area contributed by atoms with Gasteiger partial charge in [-0.2, -0.15) is 0 Å². The van der Waals surface area contributed by atoms with E-state index in [1.165, 1.54) is 11.3 Å². The zero-order chi connectivity index (χ0) is 15.3. The summed E-state index contributed by atoms with van der Waals surface area (Å²) < 4.78 is 0. The predicted molar refractivity (Wildman–Crippen MR) is 73.6 cm³/mol. The van der Waals surface area contributed by atoms with Crippen LogP contribution in [0.5, 0.6) is 0 Å². The van der Waals surface area contributed by atoms with E-state index < -0.39 is 31.0 Å². The molecule has 0 aromatic carbocycles. The van der Waals surface area contributed by atoms with Gasteiger partial charge in [0.1, 0.15) is 13.1 Å². The lowest BCUT2D eigenvalue weighted by atomic mass is 10.2. The molecule has 0 spiro atoms. The highest BCUT2D eigenvalue weighted by atomic mass is 32.1. The Hall–Kier alpha value is -2.16. The van der Waals surface area contributed by atoms with E-state index in [-0.39, 0.29) is 5.92 Å². The second-order valence-electron chi connectivity index (χ2n) is 4.38. The molecule has 0 radical (unpaired) electrons. The molecule has 1 aromatic heterocycles. The van der Waals surface area contributed by atoms with E-state index in [0.29, 0.717) is 5.13 Å². The van der Waals surface area contributed by atoms with Crippen molar-refractivity contribution in [1.82, 2.24) is 9.88 Å². The molecule has 0 saturated heterocycles. The molecule has 1 aromatic rings. The molecule has 1 heterocycles. The van der Waals surface area contributed by atoms with Crippen LogP contribution in [0.3, 0.4) is 0 Å². The van der Waals surface area contributed by atoms with E-state index in [4.69, 9.17) is 10.8 Å². The van der Waals surface area contributed by atoms with Gasteiger partial charge in [-0.15, -0.1) is 11.3 Å². The number of carboxylic acids is 1. The van der Waals surface area contributed by atoms with E-state index >= 15 is 0 Å². The van der Waals surface area contributed by atoms with Crippen LogP contribution in [-0.2, 0) is 9.59 Å². The molecule has 0 unspecified atom stereocenters. The number of hydrogen-bond donors (Lipinski definition) is 3. The summed E-state index contributed by atoms with van der Waals surface area (Å²) in [5.41, 5.74) is 5.80. The molecule has 110 valence electrons. The molecule has 20 heavy (non-hydrogen) atoms. The number of carbonyl (C=O) groups excluding carboxylic acids is 2. The van der Waals surface area contributed by atoms with Gasteiger partial charge in [0.2, 0.25) is 5.91 Å². The highest BCUT2D eigenvalue weighted by molar-refractivity contribution is 7.13. The number of carboxylic acid groups (broad SMARTS) is 1. The van der Waals surface area contributed by atoms with Gasteiger partial charge < -0.3 is 15.7 Å². The molecule has 4 N–H and O–H groups in total. The number of amides is 3. The van der Waals surface area contributed by atoms with Crippen LogP contribution in [0, 0.1) is 0 Å². The van der Waals surface area contributed by atoms with Gasteiger partial charge in [0.05, 0.1) is 5.69 Å². The topological polar surface area (TPSA) is 126 Å². The minimum Gasteiger partial charge on any atom is -0.480 e. The summed E-state index contributed by atoms with van der Waals surface area (Å²) in [5.74, 6) is -1.80. The summed E-state index contributed by atoms with van der Waals surface area (Å²) >= 11 is 1.23. The number of urea groups is 1. The maximum atomic E-state index is 11.9. The molecular weight excluding hydrogens is 284 g/mol. The molecular formula is C11H16N4O4S. The summed E-state index contributed by atoms with van der Waals surface area (Å²) in [6, 6.07) is -0.726. The Bertz CT molecular complexity index is 498. The Labute approximate surface area is 119 Å². The van der Waals surface area contributed by atoms with Gasteiger partial charge in [0.15, 0.2) is 5.13 Å². The quantitative estimate of drug-likeness (QED) is 0.712. The lowest BCUT2D eigenvalue weighted by Gasteiger charge is -2.18. The normalized spacial score (nSPS) is 10.3. The molecule has 0 aliphatic heterocycles. The maximum absolute atomic E-state index is 11.9. The van der Waals surface area contributed by atoms with Gasteiger partial charge in [-0.05, 0) is 5.92 Å². The summed E-state index contributed by atoms with van der Waals surface area (Å²) in [4.78, 5) is 38.4. The number of rotatable bonds is 6. The second-order valence-corrected chi connectivity index (χ2v) is 5.24. The van der Waals surface area contributed by atoms with Crippen molar-refractivity contribution >= 4 is 34.4 Å². The average molecular weight is 300 g/mol. The summed E-state index contributed by atoms with van der Waals surface area (Å²) in [7, 11) is 0. The first-order valence-corrected chi connectivity index (χ1v) is 6.69. The van der Waals surface area contributed by atoms with E-state index in [0.717, 1.165) is 10.6 Å². The molecule has 1 rings (SSSR count). The maximum Gasteiger partial charge on any atom is 0.324 e. The Kier molecular flexibility index (Phi) is 5.44. The molecule has 0 aliphatic rings. The molecule has 0 saturated carbocycles. The van der Waals surface area contributed by atoms with Crippen LogP contribution >= 0.6 is 11.3 Å². The Morgan fingerprint density at radius 1 is 1.45 bits per heavy atom. The van der Waals surface area contributed by atoms with Crippen molar-refractivity contribution in [3.8, 4) is 0 Å². The van der Waals surface area contributed by atoms with Crippen LogP contribution in [0.25, 0.3) is 0 Å². The molecule has 0 fully saturated rings. The number of nitrogens with two attached hydrogens (primary N) is 1. The van der Waals surface area contributed by atoms with Crippen LogP contribution in [0.4, 0.5) is 9.93 Å². The largest absolute Gasteiger partial charge is 0.480 e. The summed E-state index contributed by atoms with van der Waals surface area (Å²) in [6.45, 7) is 2.84. The monoisotopic (exact) mass is 300 g/mol. The third-order valence-electron chi connectivity index (χ3n) is 2.29. The van der Waals surface area contributed by atoms with Crippen molar-refractivity contribution < 1.29 is 19.5 Å². The number of nitrogens with one attached hydrogen (secondary N) is 1. The number of hydrogen-bond acceptors (Lipinski definition) is 5. The first-order chi connectivity index (χ1) is 9.29. The van der Waals surface area contributed by atoms with E-state index in [9.17, 15) is 14.4 Å². The lowest BCUT2D eigenvalue weighted by molar-refractivity contribution is -0.137. The predicted octanol–water partition coefficient (Wildman–Crippen LogP) is 0.670. The Balaban J connectivity index is 2.73. The van der Waals surface area contributed by atoms with Gasteiger partial charge >= 0.3 is 12.0 Å². The summed E-state index contributed by atoms with van der Waals surface area (Å²) in [5, 5.41) is 13.3. The van der Waals surface area contributed by atoms with E-state index in [1.54, 1.807) is 5.38 Å². The minimum atomic E-state index is -1.23. The number of carbonyl (C=O) groups is 3. The van der Waals surface area contributed by atoms with Crippen LogP contribution in [-0.4, -0.2) is 46.0 Å². The molecule has 9 heteroatoms. The van der Waals surface area contributed by atoms with Crippen molar-refractivity contribution in [3.63, 3.8) is 0 Å². The molecule has 8 nitrogen and oxygen atoms in total. The average Bonchev–Trinajstić information content (AvgIpc) is 2.75. The fourth-order valence-electron chi connectivity index (χ4n) is 1.33. The van der Waals surface area contributed by atoms with Crippen molar-refractivity contribution in [3.05, 3.63) is 11.1 Å². The molecule has 3 amide bonds. The highest BCUT2D eigenvalue weighted by Gasteiger charge is 2.20. The van der Waals surface area contributed by atoms with Crippen molar-refractivity contribution in [2.45, 2.75) is 19.8 Å². The number of aliphatic carboxylic acids is 1. The van der Waals surface area contributed by atoms with E-state index in [1.807, 2.05) is 13.8 Å². The standard InChI is InChI=1S/C11H16N4O4S/c1-6(2)7-5-20-10(13-7)14-11(19)15(3-8(12)16)4-9(17)18/h5-6H,3-4H2,1-2H3,(H2,12,16)(H,17,18)(H,13,14,19). The number of aromatic nitrogens is 1. The van der Waals surface area contributed by atoms with Crippen molar-refractivity contribution in [1.29, 1.82) is 0 Å². The zero-order valence-corrected chi connectivity index (χ0v) is 11.9. The van der Waals surface area contributed by atoms with Crippen LogP contribution in [0.2, 0.25) is 0 Å². The van der Waals surface area contributed by atoms with Crippen molar-refractivity contribution in [2.75, 3.05) is 18.4 Å². The van der Waals surface area contributed by atoms with Gasteiger partial charge in [-0.25, -0.2) is 9.78 Å². The van der Waals surface area contributed by atoms with Crippen LogP contribution in [0.15, 0.2) is 5.38 Å². The number of thiazole rings is 1. The van der Waals surface area contributed by atoms with Gasteiger partial charge in [0.25, 0.3) is 0 Å². The van der Waals surface area contributed by atoms with Gasteiger partial charge in [0, 0.05) is 5.38 Å². The van der Waals surface area contributed by atoms with Gasteiger partial charge in [-0.3, -0.25) is 14.9 Å². The minimum absolute atomic E-state index is 0.220. The Morgan fingerprint density at radius 3 is 2.55 bits per heavy atom. The smallest absolute Gasteiger partial charge is 0.324 e. The fourth-order valence-corrected chi connectivity index (χ4v) is 2.19. The van der Waals surface area contributed by atoms with E-state index in [2.05, 4.69) is 10.3 Å². The second kappa shape index (κ2) is 6.85. The fraction of sp³-hybridized carbons (Fsp3) is 0.455. The highest BCUT2D eigenvalue weighted by Crippen LogP contribution is 2.21. The number of primary amides is 1. The van der Waals surface area contributed by atoms with Gasteiger partial charge in [-0.1, -0.05) is 13.8 Å². The number of nitrogens with zero attached hydrogens (tertiary/aromatic N) is 2. The third kappa shape index (κ3) is 4.84. The molecule has 0 aliphatic carbocycles. The first kappa shape index (κ1) is 15.9. The lowest BCUT2D eigenvalue weighted by Crippen LogP contribution is -2.43. The van der Waals surface area contributed by atoms with Crippen LogP contribution in [0.1, 0.15) is 25.5 Å². The first-order valence-electron chi connectivity index (χ1n) is 5.81. The molecule has 0 bridgehead atoms. The number of anilines is 1. The third-order valence-corrected chi connectivity index (χ3v) is 3.06. The van der Waals surface area contributed by atoms with Crippen LogP contribution < -0.4 is 11.1 Å². The SMILES string of the molecule is CC(C)c1csc(NC(=O)N(CC(N)=O)CC(=O)O)n1. The summed E-state index contributed by atoms with van der Waals surface area (Å²) in [6.07, 6.45) is 0. The molecule has 0 atom stereocenters.